The van der Waals surface area contributed by atoms with E-state index in [1.54, 1.807) is 24.4 Å². The van der Waals surface area contributed by atoms with Crippen LogP contribution >= 0.6 is 12.6 Å². The molecular formula is C24H29FN4S. The average molecular weight is 425 g/mol. The lowest BCUT2D eigenvalue weighted by atomic mass is 9.96. The minimum absolute atomic E-state index is 0.0540. The normalized spacial score (nSPS) is 14.7. The largest absolute Gasteiger partial charge is 0.347 e. The maximum Gasteiger partial charge on any atom is 0.133 e. The first-order valence-corrected chi connectivity index (χ1v) is 10.7. The summed E-state index contributed by atoms with van der Waals surface area (Å²) in [6.07, 6.45) is 6.28. The molecule has 4 rings (SSSR count). The second-order valence-corrected chi connectivity index (χ2v) is 9.88. The van der Waals surface area contributed by atoms with Crippen molar-refractivity contribution >= 4 is 23.5 Å². The number of nitrogens with zero attached hydrogens (tertiary/aromatic N) is 3. The second kappa shape index (κ2) is 8.79. The zero-order valence-corrected chi connectivity index (χ0v) is 18.9. The topological polar surface area (TPSA) is 67.6 Å². The van der Waals surface area contributed by atoms with Crippen molar-refractivity contribution in [2.24, 2.45) is 11.1 Å². The Bertz CT molecular complexity index is 1090. The fourth-order valence-corrected chi connectivity index (χ4v) is 3.46. The predicted molar refractivity (Wildman–Crippen MR) is 124 cm³/mol. The summed E-state index contributed by atoms with van der Waals surface area (Å²) >= 11 is 4.08. The molecule has 0 bridgehead atoms. The molecule has 1 saturated carbocycles. The van der Waals surface area contributed by atoms with E-state index in [9.17, 15) is 9.65 Å². The van der Waals surface area contributed by atoms with Crippen LogP contribution in [0.2, 0.25) is 0 Å². The molecule has 30 heavy (non-hydrogen) atoms. The number of benzene rings is 1. The Morgan fingerprint density at radius 3 is 2.57 bits per heavy atom. The lowest BCUT2D eigenvalue weighted by Crippen LogP contribution is -2.14. The highest BCUT2D eigenvalue weighted by atomic mass is 32.1. The molecule has 3 aromatic rings. The first-order valence-electron chi connectivity index (χ1n) is 10.2. The van der Waals surface area contributed by atoms with Crippen molar-refractivity contribution in [2.45, 2.75) is 58.4 Å². The van der Waals surface area contributed by atoms with E-state index in [1.165, 1.54) is 18.9 Å². The van der Waals surface area contributed by atoms with Crippen LogP contribution in [0.5, 0.6) is 0 Å². The number of rotatable bonds is 3. The van der Waals surface area contributed by atoms with Gasteiger partial charge in [-0.3, -0.25) is 4.98 Å². The van der Waals surface area contributed by atoms with Crippen LogP contribution in [0.15, 0.2) is 36.7 Å². The molecule has 1 aromatic carbocycles. The highest BCUT2D eigenvalue weighted by Crippen LogP contribution is 2.34. The van der Waals surface area contributed by atoms with Gasteiger partial charge in [-0.25, -0.2) is 4.39 Å². The summed E-state index contributed by atoms with van der Waals surface area (Å²) in [4.78, 5) is 4.24. The molecule has 1 unspecified atom stereocenters. The molecule has 4 nitrogen and oxygen atoms in total. The number of fused-ring (bicyclic) bond motifs is 1. The van der Waals surface area contributed by atoms with Crippen LogP contribution < -0.4 is 5.73 Å². The van der Waals surface area contributed by atoms with Gasteiger partial charge in [0.05, 0.1) is 11.3 Å². The summed E-state index contributed by atoms with van der Waals surface area (Å²) in [7, 11) is 0. The number of halogens is 1. The maximum atomic E-state index is 14.9. The van der Waals surface area contributed by atoms with Gasteiger partial charge in [-0.05, 0) is 55.0 Å². The molecule has 1 atom stereocenters. The van der Waals surface area contributed by atoms with Gasteiger partial charge in [-0.15, -0.1) is 0 Å². The number of hydrogen-bond acceptors (Lipinski definition) is 4. The Morgan fingerprint density at radius 1 is 1.37 bits per heavy atom. The van der Waals surface area contributed by atoms with Crippen LogP contribution in [-0.2, 0) is 6.54 Å². The summed E-state index contributed by atoms with van der Waals surface area (Å²) in [5.74, 6) is -0.400. The lowest BCUT2D eigenvalue weighted by molar-refractivity contribution is 0.349. The van der Waals surface area contributed by atoms with Crippen LogP contribution in [0.25, 0.3) is 22.2 Å². The minimum Gasteiger partial charge on any atom is -0.347 e. The first-order chi connectivity index (χ1) is 14.1. The molecule has 6 heteroatoms. The number of hydrogen-bond donors (Lipinski definition) is 2. The Kier molecular flexibility index (Phi) is 6.54. The molecular weight excluding hydrogens is 395 g/mol. The molecule has 158 valence electrons. The van der Waals surface area contributed by atoms with Gasteiger partial charge in [0.1, 0.15) is 11.9 Å². The average Bonchev–Trinajstić information content (AvgIpc) is 3.38. The van der Waals surface area contributed by atoms with E-state index in [-0.39, 0.29) is 11.5 Å². The molecule has 1 aliphatic carbocycles. The van der Waals surface area contributed by atoms with Gasteiger partial charge in [0.15, 0.2) is 0 Å². The molecule has 0 saturated heterocycles. The number of pyridine rings is 1. The van der Waals surface area contributed by atoms with Crippen LogP contribution in [0.3, 0.4) is 0 Å². The highest BCUT2D eigenvalue weighted by Gasteiger charge is 2.20. The van der Waals surface area contributed by atoms with Gasteiger partial charge < -0.3 is 10.3 Å². The molecule has 1 aliphatic rings. The minimum atomic E-state index is -0.400. The smallest absolute Gasteiger partial charge is 0.133 e. The highest BCUT2D eigenvalue weighted by molar-refractivity contribution is 7.81. The van der Waals surface area contributed by atoms with Crippen LogP contribution in [0.1, 0.15) is 57.7 Å². The van der Waals surface area contributed by atoms with Gasteiger partial charge in [0.25, 0.3) is 0 Å². The standard InChI is InChI=1S/C21H23FN4.C3H6S/c1-13(24)17-11-26(12-21(2,3)4)19-9-16(18(22)8-15(17)19)20-14(10-23)6-5-7-25-20;4-3-1-2-3/h5-9,11,13H,12,24H2,1-4H3;3-4H,1-2H2. The molecule has 0 amide bonds. The maximum absolute atomic E-state index is 14.9. The first kappa shape index (κ1) is 22.3. The SMILES string of the molecule is CC(N)c1cn(CC(C)(C)C)c2cc(-c3ncccc3C#N)c(F)cc12.SC1CC1. The zero-order chi connectivity index (χ0) is 22.1. The third kappa shape index (κ3) is 5.21. The fourth-order valence-electron chi connectivity index (χ4n) is 3.31. The molecule has 2 heterocycles. The quantitative estimate of drug-likeness (QED) is 0.518. The van der Waals surface area contributed by atoms with Gasteiger partial charge in [0, 0.05) is 46.7 Å². The van der Waals surface area contributed by atoms with Crippen LogP contribution in [0, 0.1) is 22.6 Å². The fraction of sp³-hybridized carbons (Fsp3) is 0.417. The molecule has 2 N–H and O–H groups in total. The van der Waals surface area contributed by atoms with E-state index in [2.05, 4.69) is 49.0 Å². The van der Waals surface area contributed by atoms with Crippen molar-refractivity contribution in [2.75, 3.05) is 0 Å². The number of nitrogens with two attached hydrogens (primary N) is 1. The third-order valence-electron chi connectivity index (χ3n) is 4.87. The predicted octanol–water partition coefficient (Wildman–Crippen LogP) is 5.86. The van der Waals surface area contributed by atoms with E-state index in [4.69, 9.17) is 5.73 Å². The van der Waals surface area contributed by atoms with Crippen molar-refractivity contribution in [1.29, 1.82) is 5.26 Å². The number of aromatic nitrogens is 2. The van der Waals surface area contributed by atoms with E-state index >= 15 is 0 Å². The monoisotopic (exact) mass is 424 g/mol. The third-order valence-corrected chi connectivity index (χ3v) is 5.38. The van der Waals surface area contributed by atoms with E-state index in [0.717, 1.165) is 28.3 Å². The molecule has 0 spiro atoms. The van der Waals surface area contributed by atoms with E-state index in [0.29, 0.717) is 16.8 Å². The summed E-state index contributed by atoms with van der Waals surface area (Å²) in [5, 5.41) is 10.9. The molecule has 0 aliphatic heterocycles. The van der Waals surface area contributed by atoms with Gasteiger partial charge in [-0.1, -0.05) is 20.8 Å². The van der Waals surface area contributed by atoms with Crippen molar-refractivity contribution in [1.82, 2.24) is 9.55 Å². The summed E-state index contributed by atoms with van der Waals surface area (Å²) in [6.45, 7) is 9.13. The zero-order valence-electron chi connectivity index (χ0n) is 18.0. The Balaban J connectivity index is 0.000000572. The summed E-state index contributed by atoms with van der Waals surface area (Å²) < 4.78 is 17.0. The van der Waals surface area contributed by atoms with Crippen LogP contribution in [0.4, 0.5) is 4.39 Å². The van der Waals surface area contributed by atoms with Crippen molar-refractivity contribution in [3.8, 4) is 17.3 Å². The Hall–Kier alpha value is -2.36. The molecule has 2 aromatic heterocycles. The second-order valence-electron chi connectivity index (χ2n) is 9.15. The van der Waals surface area contributed by atoms with Crippen molar-refractivity contribution in [3.63, 3.8) is 0 Å². The molecule has 1 fully saturated rings. The van der Waals surface area contributed by atoms with Gasteiger partial charge in [0.2, 0.25) is 0 Å². The number of nitriles is 1. The Labute approximate surface area is 183 Å². The van der Waals surface area contributed by atoms with E-state index in [1.807, 2.05) is 13.1 Å². The summed E-state index contributed by atoms with van der Waals surface area (Å²) in [6, 6.07) is 8.51. The van der Waals surface area contributed by atoms with E-state index < -0.39 is 5.82 Å². The van der Waals surface area contributed by atoms with Crippen LogP contribution in [-0.4, -0.2) is 14.8 Å². The van der Waals surface area contributed by atoms with Crippen molar-refractivity contribution in [3.05, 3.63) is 53.6 Å². The van der Waals surface area contributed by atoms with Crippen molar-refractivity contribution < 1.29 is 4.39 Å². The Morgan fingerprint density at radius 2 is 2.03 bits per heavy atom. The summed E-state index contributed by atoms with van der Waals surface area (Å²) in [5.41, 5.74) is 9.03. The number of thiol groups is 1. The lowest BCUT2D eigenvalue weighted by Gasteiger charge is -2.20. The molecule has 0 radical (unpaired) electrons. The van der Waals surface area contributed by atoms with Gasteiger partial charge >= 0.3 is 0 Å². The van der Waals surface area contributed by atoms with Gasteiger partial charge in [-0.2, -0.15) is 17.9 Å².